The van der Waals surface area contributed by atoms with Gasteiger partial charge in [0.05, 0.1) is 0 Å². The second-order valence-electron chi connectivity index (χ2n) is 1.31. The Morgan fingerprint density at radius 1 is 1.86 bits per heavy atom. The van der Waals surface area contributed by atoms with Crippen molar-refractivity contribution in [3.05, 3.63) is 11.6 Å². The van der Waals surface area contributed by atoms with Crippen LogP contribution in [-0.4, -0.2) is 0 Å². The van der Waals surface area contributed by atoms with E-state index in [4.69, 9.17) is 6.42 Å². The molecule has 0 aromatic carbocycles. The van der Waals surface area contributed by atoms with Gasteiger partial charge in [-0.1, -0.05) is 18.9 Å². The zero-order valence-corrected chi connectivity index (χ0v) is 4.86. The van der Waals surface area contributed by atoms with Crippen molar-refractivity contribution >= 4 is 0 Å². The first-order chi connectivity index (χ1) is 3.35. The molecular formula is C7H10. The maximum atomic E-state index is 5.08. The number of terminal acetylenes is 1. The molecule has 0 amide bonds. The summed E-state index contributed by atoms with van der Waals surface area (Å²) in [6.07, 6.45) is 8.01. The van der Waals surface area contributed by atoms with Crippen molar-refractivity contribution in [3.63, 3.8) is 0 Å². The fraction of sp³-hybridized carbons (Fsp3) is 0.429. The lowest BCUT2D eigenvalue weighted by Gasteiger charge is -1.84. The lowest BCUT2D eigenvalue weighted by atomic mass is 10.2. The molecule has 0 atom stereocenters. The molecule has 0 aromatic rings. The number of rotatable bonds is 1. The van der Waals surface area contributed by atoms with E-state index in [1.807, 2.05) is 13.0 Å². The van der Waals surface area contributed by atoms with Gasteiger partial charge in [0.15, 0.2) is 0 Å². The Kier molecular flexibility index (Phi) is 3.14. The van der Waals surface area contributed by atoms with Crippen molar-refractivity contribution in [2.75, 3.05) is 0 Å². The molecule has 0 heteroatoms. The lowest BCUT2D eigenvalue weighted by Crippen LogP contribution is -1.68. The van der Waals surface area contributed by atoms with Crippen LogP contribution in [0.25, 0.3) is 0 Å². The molecule has 0 bridgehead atoms. The zero-order valence-electron chi connectivity index (χ0n) is 4.86. The van der Waals surface area contributed by atoms with E-state index >= 15 is 0 Å². The number of hydrogen-bond acceptors (Lipinski definition) is 0. The second-order valence-corrected chi connectivity index (χ2v) is 1.31. The molecule has 0 heterocycles. The van der Waals surface area contributed by atoms with Crippen LogP contribution in [0.15, 0.2) is 11.6 Å². The Morgan fingerprint density at radius 2 is 2.43 bits per heavy atom. The first kappa shape index (κ1) is 6.30. The van der Waals surface area contributed by atoms with E-state index < -0.39 is 0 Å². The Morgan fingerprint density at radius 3 is 2.43 bits per heavy atom. The summed E-state index contributed by atoms with van der Waals surface area (Å²) in [6.45, 7) is 4.01. The monoisotopic (exact) mass is 94.1 g/mol. The van der Waals surface area contributed by atoms with Gasteiger partial charge in [0.2, 0.25) is 0 Å². The van der Waals surface area contributed by atoms with Gasteiger partial charge in [0.25, 0.3) is 0 Å². The molecule has 0 saturated carbocycles. The van der Waals surface area contributed by atoms with E-state index in [0.717, 1.165) is 12.0 Å². The van der Waals surface area contributed by atoms with Gasteiger partial charge in [0.1, 0.15) is 0 Å². The van der Waals surface area contributed by atoms with E-state index in [0.29, 0.717) is 0 Å². The van der Waals surface area contributed by atoms with Crippen LogP contribution in [0.1, 0.15) is 20.3 Å². The maximum Gasteiger partial charge on any atom is -0.00278 e. The van der Waals surface area contributed by atoms with E-state index in [2.05, 4.69) is 12.8 Å². The molecule has 0 rings (SSSR count). The SMILES string of the molecule is C#CC(=CC)CC. The quantitative estimate of drug-likeness (QED) is 0.436. The molecule has 7 heavy (non-hydrogen) atoms. The minimum Gasteiger partial charge on any atom is -0.115 e. The summed E-state index contributed by atoms with van der Waals surface area (Å²) in [5.74, 6) is 2.56. The van der Waals surface area contributed by atoms with Gasteiger partial charge in [-0.15, -0.1) is 6.42 Å². The van der Waals surface area contributed by atoms with Crippen molar-refractivity contribution in [1.29, 1.82) is 0 Å². The van der Waals surface area contributed by atoms with E-state index in [9.17, 15) is 0 Å². The van der Waals surface area contributed by atoms with Crippen LogP contribution in [0, 0.1) is 12.3 Å². The third-order valence-electron chi connectivity index (χ3n) is 0.915. The highest BCUT2D eigenvalue weighted by molar-refractivity contribution is 5.23. The average molecular weight is 94.2 g/mol. The molecular weight excluding hydrogens is 84.1 g/mol. The van der Waals surface area contributed by atoms with Gasteiger partial charge in [-0.05, 0) is 18.9 Å². The zero-order chi connectivity index (χ0) is 5.70. The molecule has 0 fully saturated rings. The first-order valence-corrected chi connectivity index (χ1v) is 2.47. The summed E-state index contributed by atoms with van der Waals surface area (Å²) in [4.78, 5) is 0. The second kappa shape index (κ2) is 3.49. The van der Waals surface area contributed by atoms with Crippen LogP contribution < -0.4 is 0 Å². The van der Waals surface area contributed by atoms with E-state index in [1.54, 1.807) is 0 Å². The molecule has 0 aliphatic heterocycles. The summed E-state index contributed by atoms with van der Waals surface area (Å²) < 4.78 is 0. The molecule has 0 aliphatic carbocycles. The average Bonchev–Trinajstić information content (AvgIpc) is 1.72. The fourth-order valence-electron chi connectivity index (χ4n) is 0.390. The summed E-state index contributed by atoms with van der Waals surface area (Å²) in [5.41, 5.74) is 1.08. The van der Waals surface area contributed by atoms with Gasteiger partial charge >= 0.3 is 0 Å². The lowest BCUT2D eigenvalue weighted by molar-refractivity contribution is 1.16. The Hall–Kier alpha value is -0.700. The molecule has 0 nitrogen and oxygen atoms in total. The molecule has 0 unspecified atom stereocenters. The molecule has 0 N–H and O–H groups in total. The summed E-state index contributed by atoms with van der Waals surface area (Å²) in [7, 11) is 0. The Labute approximate surface area is 45.2 Å². The van der Waals surface area contributed by atoms with Gasteiger partial charge < -0.3 is 0 Å². The van der Waals surface area contributed by atoms with Crippen LogP contribution in [-0.2, 0) is 0 Å². The predicted octanol–water partition coefficient (Wildman–Crippen LogP) is 1.98. The van der Waals surface area contributed by atoms with Gasteiger partial charge in [-0.3, -0.25) is 0 Å². The molecule has 38 valence electrons. The summed E-state index contributed by atoms with van der Waals surface area (Å²) >= 11 is 0. The Balaban J connectivity index is 3.68. The maximum absolute atomic E-state index is 5.08. The molecule has 0 radical (unpaired) electrons. The van der Waals surface area contributed by atoms with Crippen LogP contribution in [0.5, 0.6) is 0 Å². The van der Waals surface area contributed by atoms with Crippen LogP contribution >= 0.6 is 0 Å². The van der Waals surface area contributed by atoms with Crippen molar-refractivity contribution in [2.24, 2.45) is 0 Å². The summed E-state index contributed by atoms with van der Waals surface area (Å²) in [6, 6.07) is 0. The standard InChI is InChI=1S/C7H10/c1-4-7(5-2)6-3/h1,5H,6H2,2-3H3. The van der Waals surface area contributed by atoms with Crippen molar-refractivity contribution in [3.8, 4) is 12.3 Å². The van der Waals surface area contributed by atoms with Crippen molar-refractivity contribution in [1.82, 2.24) is 0 Å². The minimum atomic E-state index is 0.979. The van der Waals surface area contributed by atoms with E-state index in [1.165, 1.54) is 0 Å². The van der Waals surface area contributed by atoms with Gasteiger partial charge in [0, 0.05) is 0 Å². The van der Waals surface area contributed by atoms with Gasteiger partial charge in [-0.25, -0.2) is 0 Å². The third kappa shape index (κ3) is 2.05. The smallest absolute Gasteiger partial charge is 0.00278 e. The molecule has 0 aromatic heterocycles. The van der Waals surface area contributed by atoms with E-state index in [-0.39, 0.29) is 0 Å². The topological polar surface area (TPSA) is 0 Å². The van der Waals surface area contributed by atoms with Crippen LogP contribution in [0.3, 0.4) is 0 Å². The molecule has 0 aliphatic rings. The largest absolute Gasteiger partial charge is 0.115 e. The molecule has 0 spiro atoms. The number of hydrogen-bond donors (Lipinski definition) is 0. The highest BCUT2D eigenvalue weighted by Crippen LogP contribution is 1.94. The van der Waals surface area contributed by atoms with Crippen LogP contribution in [0.2, 0.25) is 0 Å². The first-order valence-electron chi connectivity index (χ1n) is 2.47. The minimum absolute atomic E-state index is 0.979. The highest BCUT2D eigenvalue weighted by atomic mass is 13.8. The molecule has 0 saturated heterocycles. The third-order valence-corrected chi connectivity index (χ3v) is 0.915. The van der Waals surface area contributed by atoms with Gasteiger partial charge in [-0.2, -0.15) is 0 Å². The van der Waals surface area contributed by atoms with Crippen LogP contribution in [0.4, 0.5) is 0 Å². The number of allylic oxidation sites excluding steroid dienone is 2. The van der Waals surface area contributed by atoms with Crippen molar-refractivity contribution < 1.29 is 0 Å². The summed E-state index contributed by atoms with van der Waals surface area (Å²) in [5, 5.41) is 0. The fourth-order valence-corrected chi connectivity index (χ4v) is 0.390. The Bertz CT molecular complexity index is 102. The highest BCUT2D eigenvalue weighted by Gasteiger charge is 1.78. The predicted molar refractivity (Wildman–Crippen MR) is 32.9 cm³/mol. The normalized spacial score (nSPS) is 10.7. The van der Waals surface area contributed by atoms with Crippen molar-refractivity contribution in [2.45, 2.75) is 20.3 Å².